The van der Waals surface area contributed by atoms with Gasteiger partial charge in [0.2, 0.25) is 0 Å². The van der Waals surface area contributed by atoms with E-state index in [9.17, 15) is 5.11 Å². The molecule has 1 heterocycles. The number of aliphatic hydroxyl groups is 1. The molecule has 1 aromatic carbocycles. The Balaban J connectivity index is 2.01. The van der Waals surface area contributed by atoms with Gasteiger partial charge in [0.1, 0.15) is 6.10 Å². The number of fused-ring (bicyclic) bond motifs is 1. The SMILES string of the molecule is OC(C1=CCCCCC1)c1nccc2ccccc12. The van der Waals surface area contributed by atoms with E-state index in [1.165, 1.54) is 19.3 Å². The lowest BCUT2D eigenvalue weighted by Crippen LogP contribution is -2.04. The zero-order valence-corrected chi connectivity index (χ0v) is 11.0. The minimum atomic E-state index is -0.552. The molecular weight excluding hydrogens is 234 g/mol. The second-order valence-corrected chi connectivity index (χ2v) is 5.20. The van der Waals surface area contributed by atoms with Gasteiger partial charge in [-0.3, -0.25) is 4.98 Å². The summed E-state index contributed by atoms with van der Waals surface area (Å²) in [7, 11) is 0. The van der Waals surface area contributed by atoms with Crippen LogP contribution in [0.4, 0.5) is 0 Å². The van der Waals surface area contributed by atoms with Crippen molar-refractivity contribution in [1.29, 1.82) is 0 Å². The van der Waals surface area contributed by atoms with Crippen LogP contribution in [0.1, 0.15) is 43.9 Å². The van der Waals surface area contributed by atoms with Crippen molar-refractivity contribution in [2.75, 3.05) is 0 Å². The molecule has 2 heteroatoms. The number of aliphatic hydroxyl groups excluding tert-OH is 1. The van der Waals surface area contributed by atoms with Crippen molar-refractivity contribution in [3.8, 4) is 0 Å². The van der Waals surface area contributed by atoms with Gasteiger partial charge in [-0.25, -0.2) is 0 Å². The molecule has 0 saturated heterocycles. The third kappa shape index (κ3) is 2.54. The van der Waals surface area contributed by atoms with Crippen molar-refractivity contribution in [2.45, 2.75) is 38.2 Å². The summed E-state index contributed by atoms with van der Waals surface area (Å²) in [4.78, 5) is 4.42. The Hall–Kier alpha value is -1.67. The first-order chi connectivity index (χ1) is 9.36. The highest BCUT2D eigenvalue weighted by molar-refractivity contribution is 5.84. The third-order valence-electron chi connectivity index (χ3n) is 3.89. The molecule has 0 spiro atoms. The Morgan fingerprint density at radius 2 is 1.95 bits per heavy atom. The van der Waals surface area contributed by atoms with E-state index in [-0.39, 0.29) is 0 Å². The van der Waals surface area contributed by atoms with E-state index in [4.69, 9.17) is 0 Å². The predicted octanol–water partition coefficient (Wildman–Crippen LogP) is 4.16. The zero-order valence-electron chi connectivity index (χ0n) is 11.0. The Morgan fingerprint density at radius 1 is 1.05 bits per heavy atom. The molecule has 1 N–H and O–H groups in total. The first-order valence-electron chi connectivity index (χ1n) is 7.07. The van der Waals surface area contributed by atoms with Crippen LogP contribution in [0.2, 0.25) is 0 Å². The Morgan fingerprint density at radius 3 is 2.89 bits per heavy atom. The molecule has 19 heavy (non-hydrogen) atoms. The fourth-order valence-corrected chi connectivity index (χ4v) is 2.82. The highest BCUT2D eigenvalue weighted by atomic mass is 16.3. The van der Waals surface area contributed by atoms with Crippen molar-refractivity contribution in [1.82, 2.24) is 4.98 Å². The predicted molar refractivity (Wildman–Crippen MR) is 77.9 cm³/mol. The molecule has 1 atom stereocenters. The maximum atomic E-state index is 10.6. The second kappa shape index (κ2) is 5.54. The third-order valence-corrected chi connectivity index (χ3v) is 3.89. The summed E-state index contributed by atoms with van der Waals surface area (Å²) in [6, 6.07) is 10.1. The number of hydrogen-bond donors (Lipinski definition) is 1. The van der Waals surface area contributed by atoms with Gasteiger partial charge in [-0.2, -0.15) is 0 Å². The number of allylic oxidation sites excluding steroid dienone is 1. The molecule has 0 radical (unpaired) electrons. The van der Waals surface area contributed by atoms with Crippen LogP contribution >= 0.6 is 0 Å². The fourth-order valence-electron chi connectivity index (χ4n) is 2.82. The molecule has 1 aliphatic rings. The number of rotatable bonds is 2. The summed E-state index contributed by atoms with van der Waals surface area (Å²) >= 11 is 0. The smallest absolute Gasteiger partial charge is 0.118 e. The normalized spacial score (nSPS) is 17.8. The van der Waals surface area contributed by atoms with Gasteiger partial charge in [-0.1, -0.05) is 36.8 Å². The second-order valence-electron chi connectivity index (χ2n) is 5.20. The van der Waals surface area contributed by atoms with Gasteiger partial charge in [0.05, 0.1) is 5.69 Å². The number of aromatic nitrogens is 1. The fraction of sp³-hybridized carbons (Fsp3) is 0.353. The van der Waals surface area contributed by atoms with Crippen LogP contribution in [0.5, 0.6) is 0 Å². The van der Waals surface area contributed by atoms with Crippen LogP contribution in [0.25, 0.3) is 10.8 Å². The van der Waals surface area contributed by atoms with Crippen LogP contribution in [0, 0.1) is 0 Å². The average Bonchev–Trinajstić information content (AvgIpc) is 2.75. The maximum absolute atomic E-state index is 10.6. The summed E-state index contributed by atoms with van der Waals surface area (Å²) in [5.74, 6) is 0. The van der Waals surface area contributed by atoms with Gasteiger partial charge in [0.15, 0.2) is 0 Å². The molecule has 0 aliphatic heterocycles. The molecule has 1 aliphatic carbocycles. The van der Waals surface area contributed by atoms with Gasteiger partial charge >= 0.3 is 0 Å². The molecule has 3 rings (SSSR count). The summed E-state index contributed by atoms with van der Waals surface area (Å²) in [5.41, 5.74) is 1.94. The highest BCUT2D eigenvalue weighted by Gasteiger charge is 2.18. The largest absolute Gasteiger partial charge is 0.382 e. The molecule has 98 valence electrons. The molecule has 2 nitrogen and oxygen atoms in total. The van der Waals surface area contributed by atoms with Gasteiger partial charge in [-0.15, -0.1) is 0 Å². The summed E-state index contributed by atoms with van der Waals surface area (Å²) in [5, 5.41) is 12.8. The molecule has 1 aromatic heterocycles. The lowest BCUT2D eigenvalue weighted by atomic mass is 9.98. The van der Waals surface area contributed by atoms with E-state index in [0.717, 1.165) is 34.9 Å². The Labute approximate surface area is 113 Å². The van der Waals surface area contributed by atoms with E-state index >= 15 is 0 Å². The number of hydrogen-bond acceptors (Lipinski definition) is 2. The van der Waals surface area contributed by atoms with Crippen LogP contribution in [-0.4, -0.2) is 10.1 Å². The van der Waals surface area contributed by atoms with Crippen molar-refractivity contribution in [3.63, 3.8) is 0 Å². The van der Waals surface area contributed by atoms with Gasteiger partial charge in [-0.05, 0) is 42.7 Å². The van der Waals surface area contributed by atoms with Crippen molar-refractivity contribution < 1.29 is 5.11 Å². The average molecular weight is 253 g/mol. The number of nitrogens with zero attached hydrogens (tertiary/aromatic N) is 1. The zero-order chi connectivity index (χ0) is 13.1. The van der Waals surface area contributed by atoms with Gasteiger partial charge in [0, 0.05) is 11.6 Å². The molecule has 0 fully saturated rings. The first-order valence-corrected chi connectivity index (χ1v) is 7.07. The molecule has 1 unspecified atom stereocenters. The first kappa shape index (κ1) is 12.4. The van der Waals surface area contributed by atoms with E-state index in [2.05, 4.69) is 17.1 Å². The molecule has 0 saturated carbocycles. The summed E-state index contributed by atoms with van der Waals surface area (Å²) in [6.45, 7) is 0. The van der Waals surface area contributed by atoms with Crippen molar-refractivity contribution in [2.24, 2.45) is 0 Å². The standard InChI is InChI=1S/C17H19NO/c19-17(14-8-3-1-2-4-9-14)16-15-10-6-5-7-13(15)11-12-18-16/h5-8,10-12,17,19H,1-4,9H2. The van der Waals surface area contributed by atoms with Crippen LogP contribution in [-0.2, 0) is 0 Å². The van der Waals surface area contributed by atoms with E-state index in [1.54, 1.807) is 6.20 Å². The molecular formula is C17H19NO. The van der Waals surface area contributed by atoms with Gasteiger partial charge < -0.3 is 5.11 Å². The molecule has 2 aromatic rings. The minimum absolute atomic E-state index is 0.552. The Kier molecular flexibility index (Phi) is 3.60. The highest BCUT2D eigenvalue weighted by Crippen LogP contribution is 2.31. The number of pyridine rings is 1. The molecule has 0 bridgehead atoms. The Bertz CT molecular complexity index is 598. The van der Waals surface area contributed by atoms with Crippen molar-refractivity contribution >= 4 is 10.8 Å². The number of benzene rings is 1. The van der Waals surface area contributed by atoms with Crippen LogP contribution in [0.3, 0.4) is 0 Å². The monoisotopic (exact) mass is 253 g/mol. The summed E-state index contributed by atoms with van der Waals surface area (Å²) in [6.07, 6.45) is 9.19. The van der Waals surface area contributed by atoms with Crippen LogP contribution < -0.4 is 0 Å². The van der Waals surface area contributed by atoms with E-state index in [0.29, 0.717) is 0 Å². The molecule has 0 amide bonds. The minimum Gasteiger partial charge on any atom is -0.382 e. The lowest BCUT2D eigenvalue weighted by molar-refractivity contribution is 0.207. The lowest BCUT2D eigenvalue weighted by Gasteiger charge is -2.15. The van der Waals surface area contributed by atoms with E-state index < -0.39 is 6.10 Å². The van der Waals surface area contributed by atoms with Crippen LogP contribution in [0.15, 0.2) is 48.2 Å². The topological polar surface area (TPSA) is 33.1 Å². The maximum Gasteiger partial charge on any atom is 0.118 e. The van der Waals surface area contributed by atoms with Gasteiger partial charge in [0.25, 0.3) is 0 Å². The van der Waals surface area contributed by atoms with Crippen molar-refractivity contribution in [3.05, 3.63) is 53.9 Å². The van der Waals surface area contributed by atoms with E-state index in [1.807, 2.05) is 24.3 Å². The quantitative estimate of drug-likeness (QED) is 0.815. The summed E-state index contributed by atoms with van der Waals surface area (Å²) < 4.78 is 0.